The summed E-state index contributed by atoms with van der Waals surface area (Å²) in [5.74, 6) is 1.16. The molecular weight excluding hydrogens is 481 g/mol. The van der Waals surface area contributed by atoms with Gasteiger partial charge in [0, 0.05) is 35.2 Å². The van der Waals surface area contributed by atoms with E-state index in [0.29, 0.717) is 17.2 Å². The minimum Gasteiger partial charge on any atom is -0.457 e. The predicted molar refractivity (Wildman–Crippen MR) is 128 cm³/mol. The van der Waals surface area contributed by atoms with Crippen LogP contribution in [0.4, 0.5) is 29.3 Å². The van der Waals surface area contributed by atoms with Crippen molar-refractivity contribution in [2.24, 2.45) is 0 Å². The fraction of sp³-hybridized carbons (Fsp3) is 0.0400. The number of benzene rings is 3. The van der Waals surface area contributed by atoms with Gasteiger partial charge in [0.1, 0.15) is 17.1 Å². The van der Waals surface area contributed by atoms with Crippen LogP contribution in [0, 0.1) is 0 Å². The number of rotatable bonds is 4. The zero-order chi connectivity index (χ0) is 24.6. The van der Waals surface area contributed by atoms with Gasteiger partial charge in [0.25, 0.3) is 0 Å². The number of alkyl halides is 3. The largest absolute Gasteiger partial charge is 0.457 e. The fourth-order valence-corrected chi connectivity index (χ4v) is 3.87. The Morgan fingerprint density at radius 1 is 0.943 bits per heavy atom. The van der Waals surface area contributed by atoms with E-state index >= 15 is 0 Å². The zero-order valence-corrected chi connectivity index (χ0v) is 18.6. The number of urea groups is 1. The minimum atomic E-state index is -4.63. The van der Waals surface area contributed by atoms with E-state index in [4.69, 9.17) is 16.3 Å². The molecule has 5 aromatic rings. The number of fused-ring (bicyclic) bond motifs is 3. The van der Waals surface area contributed by atoms with Crippen molar-refractivity contribution >= 4 is 45.6 Å². The van der Waals surface area contributed by atoms with E-state index in [1.54, 1.807) is 30.5 Å². The summed E-state index contributed by atoms with van der Waals surface area (Å²) in [4.78, 5) is 16.6. The van der Waals surface area contributed by atoms with E-state index in [0.717, 1.165) is 28.7 Å². The Balaban J connectivity index is 1.30. The van der Waals surface area contributed by atoms with Gasteiger partial charge < -0.3 is 15.4 Å². The number of imidazole rings is 1. The summed E-state index contributed by atoms with van der Waals surface area (Å²) in [6.07, 6.45) is -1.04. The summed E-state index contributed by atoms with van der Waals surface area (Å²) >= 11 is 5.61. The molecule has 0 saturated heterocycles. The first-order valence-electron chi connectivity index (χ1n) is 10.4. The van der Waals surface area contributed by atoms with Crippen molar-refractivity contribution < 1.29 is 22.7 Å². The molecular formula is C25H16ClF3N4O2. The highest BCUT2D eigenvalue weighted by atomic mass is 35.5. The topological polar surface area (TPSA) is 67.7 Å². The van der Waals surface area contributed by atoms with Gasteiger partial charge in [0.05, 0.1) is 16.1 Å². The maximum atomic E-state index is 13.0. The third-order valence-electron chi connectivity index (χ3n) is 5.23. The van der Waals surface area contributed by atoms with Crippen LogP contribution in [0.2, 0.25) is 5.02 Å². The Kier molecular flexibility index (Phi) is 5.70. The van der Waals surface area contributed by atoms with Gasteiger partial charge in [-0.25, -0.2) is 9.78 Å². The number of amides is 2. The Bertz CT molecular complexity index is 1550. The van der Waals surface area contributed by atoms with Gasteiger partial charge in [-0.1, -0.05) is 23.7 Å². The number of para-hydroxylation sites is 1. The lowest BCUT2D eigenvalue weighted by atomic mass is 10.2. The normalized spacial score (nSPS) is 11.5. The highest BCUT2D eigenvalue weighted by Crippen LogP contribution is 2.36. The molecule has 3 aromatic carbocycles. The molecule has 35 heavy (non-hydrogen) atoms. The molecule has 0 radical (unpaired) electrons. The third-order valence-corrected chi connectivity index (χ3v) is 5.56. The molecule has 0 fully saturated rings. The number of pyridine rings is 1. The molecule has 0 saturated carbocycles. The van der Waals surface area contributed by atoms with Gasteiger partial charge in [-0.2, -0.15) is 13.2 Å². The zero-order valence-electron chi connectivity index (χ0n) is 17.8. The molecule has 2 aromatic heterocycles. The molecule has 10 heteroatoms. The first kappa shape index (κ1) is 22.5. The Labute approximate surface area is 201 Å². The Morgan fingerprint density at radius 3 is 2.43 bits per heavy atom. The van der Waals surface area contributed by atoms with Crippen molar-refractivity contribution in [2.45, 2.75) is 6.18 Å². The summed E-state index contributed by atoms with van der Waals surface area (Å²) in [7, 11) is 0. The van der Waals surface area contributed by atoms with Crippen molar-refractivity contribution in [3.8, 4) is 11.5 Å². The molecule has 6 nitrogen and oxygen atoms in total. The van der Waals surface area contributed by atoms with E-state index in [1.165, 1.54) is 6.07 Å². The Morgan fingerprint density at radius 2 is 1.66 bits per heavy atom. The number of hydrogen-bond donors (Lipinski definition) is 2. The number of hydrogen-bond acceptors (Lipinski definition) is 3. The number of carbonyl (C=O) groups excluding carboxylic acids is 1. The molecule has 0 unspecified atom stereocenters. The van der Waals surface area contributed by atoms with Crippen LogP contribution in [-0.2, 0) is 6.18 Å². The molecule has 2 heterocycles. The smallest absolute Gasteiger partial charge is 0.417 e. The van der Waals surface area contributed by atoms with Crippen LogP contribution in [0.1, 0.15) is 5.56 Å². The van der Waals surface area contributed by atoms with Crippen LogP contribution in [0.15, 0.2) is 85.2 Å². The lowest BCUT2D eigenvalue weighted by Gasteiger charge is -2.13. The lowest BCUT2D eigenvalue weighted by Crippen LogP contribution is -2.19. The number of anilines is 2. The summed E-state index contributed by atoms with van der Waals surface area (Å²) in [5, 5.41) is 5.40. The molecule has 176 valence electrons. The van der Waals surface area contributed by atoms with Gasteiger partial charge in [-0.3, -0.25) is 4.40 Å². The van der Waals surface area contributed by atoms with Crippen LogP contribution < -0.4 is 15.4 Å². The SMILES string of the molecule is O=C(Nc1ccc(Oc2cc3nccn3c3ccccc23)cc1)Nc1ccc(Cl)c(C(F)(F)F)c1. The van der Waals surface area contributed by atoms with Crippen LogP contribution in [0.25, 0.3) is 16.6 Å². The highest BCUT2D eigenvalue weighted by molar-refractivity contribution is 6.31. The molecule has 2 amide bonds. The summed E-state index contributed by atoms with van der Waals surface area (Å²) in [6.45, 7) is 0. The van der Waals surface area contributed by atoms with Crippen LogP contribution >= 0.6 is 11.6 Å². The minimum absolute atomic E-state index is 0.0413. The third kappa shape index (κ3) is 4.71. The monoisotopic (exact) mass is 496 g/mol. The van der Waals surface area contributed by atoms with E-state index in [2.05, 4.69) is 15.6 Å². The first-order chi connectivity index (χ1) is 16.8. The summed E-state index contributed by atoms with van der Waals surface area (Å²) < 4.78 is 47.1. The van der Waals surface area contributed by atoms with Gasteiger partial charge in [0.15, 0.2) is 0 Å². The van der Waals surface area contributed by atoms with Gasteiger partial charge in [-0.05, 0) is 54.6 Å². The molecule has 5 rings (SSSR count). The lowest BCUT2D eigenvalue weighted by molar-refractivity contribution is -0.137. The number of carbonyl (C=O) groups is 1. The number of nitrogens with one attached hydrogen (secondary N) is 2. The average molecular weight is 497 g/mol. The number of nitrogens with zero attached hydrogens (tertiary/aromatic N) is 2. The quantitative estimate of drug-likeness (QED) is 0.269. The van der Waals surface area contributed by atoms with Gasteiger partial charge in [-0.15, -0.1) is 0 Å². The van der Waals surface area contributed by atoms with Crippen LogP contribution in [-0.4, -0.2) is 15.4 Å². The predicted octanol–water partition coefficient (Wildman–Crippen LogP) is 7.60. The number of ether oxygens (including phenoxy) is 1. The van der Waals surface area contributed by atoms with Crippen molar-refractivity contribution in [2.75, 3.05) is 10.6 Å². The van der Waals surface area contributed by atoms with Gasteiger partial charge >= 0.3 is 12.2 Å². The molecule has 0 aliphatic heterocycles. The van der Waals surface area contributed by atoms with E-state index < -0.39 is 22.8 Å². The molecule has 2 N–H and O–H groups in total. The second-order valence-corrected chi connectivity index (χ2v) is 7.99. The van der Waals surface area contributed by atoms with Crippen LogP contribution in [0.3, 0.4) is 0 Å². The molecule has 0 aliphatic rings. The summed E-state index contributed by atoms with van der Waals surface area (Å²) in [6, 6.07) is 18.6. The standard InChI is InChI=1S/C25H16ClF3N4O2/c26-20-10-7-16(13-19(20)25(27,28)29)32-24(34)31-15-5-8-17(9-6-15)35-22-14-23-30-11-12-33(23)21-4-2-1-3-18(21)22/h1-14H,(H2,31,32,34). The van der Waals surface area contributed by atoms with Crippen molar-refractivity contribution in [1.82, 2.24) is 9.38 Å². The van der Waals surface area contributed by atoms with E-state index in [1.807, 2.05) is 40.9 Å². The van der Waals surface area contributed by atoms with Gasteiger partial charge in [0.2, 0.25) is 0 Å². The van der Waals surface area contributed by atoms with Crippen molar-refractivity contribution in [3.05, 3.63) is 95.8 Å². The van der Waals surface area contributed by atoms with Crippen molar-refractivity contribution in [3.63, 3.8) is 0 Å². The first-order valence-corrected chi connectivity index (χ1v) is 10.7. The molecule has 0 bridgehead atoms. The Hall–Kier alpha value is -4.24. The number of aromatic nitrogens is 2. The molecule has 0 atom stereocenters. The number of halogens is 4. The summed E-state index contributed by atoms with van der Waals surface area (Å²) in [5.41, 5.74) is 1.04. The fourth-order valence-electron chi connectivity index (χ4n) is 3.64. The highest BCUT2D eigenvalue weighted by Gasteiger charge is 2.33. The van der Waals surface area contributed by atoms with Crippen molar-refractivity contribution in [1.29, 1.82) is 0 Å². The van der Waals surface area contributed by atoms with Crippen LogP contribution in [0.5, 0.6) is 11.5 Å². The van der Waals surface area contributed by atoms with E-state index in [-0.39, 0.29) is 5.69 Å². The second-order valence-electron chi connectivity index (χ2n) is 7.58. The maximum Gasteiger partial charge on any atom is 0.417 e. The van der Waals surface area contributed by atoms with E-state index in [9.17, 15) is 18.0 Å². The maximum absolute atomic E-state index is 13.0. The second kappa shape index (κ2) is 8.84. The average Bonchev–Trinajstić information content (AvgIpc) is 3.30. The molecule has 0 spiro atoms. The molecule has 0 aliphatic carbocycles.